The third-order valence-corrected chi connectivity index (χ3v) is 5.97. The Labute approximate surface area is 223 Å². The van der Waals surface area contributed by atoms with Gasteiger partial charge in [0.05, 0.1) is 12.2 Å². The van der Waals surface area contributed by atoms with Crippen LogP contribution in [0.4, 0.5) is 13.2 Å². The van der Waals surface area contributed by atoms with Gasteiger partial charge in [-0.15, -0.1) is 0 Å². The van der Waals surface area contributed by atoms with Crippen molar-refractivity contribution >= 4 is 33.8 Å². The topological polar surface area (TPSA) is 125 Å². The zero-order valence-electron chi connectivity index (χ0n) is 20.7. The van der Waals surface area contributed by atoms with Gasteiger partial charge in [0.15, 0.2) is 0 Å². The average Bonchev–Trinajstić information content (AvgIpc) is 2.83. The number of methoxy groups -OCH3 is 2. The summed E-state index contributed by atoms with van der Waals surface area (Å²) in [6, 6.07) is 5.14. The number of benzene rings is 1. The molecule has 10 nitrogen and oxygen atoms in total. The largest absolute Gasteiger partial charge is 0.491 e. The predicted octanol–water partition coefficient (Wildman–Crippen LogP) is 3.96. The standard InChI is InChI=1S/C23H27ClF3N3O7S/c1-15(21(31)30-38(32,33)29-7-4-8-34-2)11-16-5-6-18(36-10-9-35-3)13-20(16)37-22-19(24)12-17(14-28-22)23(25,26)27/h5-6,11-14,29H,4,7-10H2,1-3H3,(H,30,31)/b15-11+. The van der Waals surface area contributed by atoms with Crippen LogP contribution in [0.15, 0.2) is 36.0 Å². The number of pyridine rings is 1. The summed E-state index contributed by atoms with van der Waals surface area (Å²) in [6.07, 6.45) is -2.36. The number of nitrogens with one attached hydrogen (secondary N) is 2. The first-order chi connectivity index (χ1) is 17.9. The first-order valence-electron chi connectivity index (χ1n) is 11.0. The molecule has 0 aliphatic carbocycles. The number of halogens is 4. The molecule has 15 heteroatoms. The molecule has 0 unspecified atom stereocenters. The Balaban J connectivity index is 2.32. The molecule has 0 radical (unpaired) electrons. The predicted molar refractivity (Wildman–Crippen MR) is 133 cm³/mol. The number of ether oxygens (including phenoxy) is 4. The van der Waals surface area contributed by atoms with E-state index in [2.05, 4.69) is 9.71 Å². The van der Waals surface area contributed by atoms with E-state index >= 15 is 0 Å². The van der Waals surface area contributed by atoms with Crippen LogP contribution in [0, 0.1) is 0 Å². The third kappa shape index (κ3) is 10.1. The summed E-state index contributed by atoms with van der Waals surface area (Å²) >= 11 is 5.97. The highest BCUT2D eigenvalue weighted by molar-refractivity contribution is 7.88. The highest BCUT2D eigenvalue weighted by Crippen LogP contribution is 2.37. The van der Waals surface area contributed by atoms with Crippen LogP contribution in [0.2, 0.25) is 5.02 Å². The van der Waals surface area contributed by atoms with E-state index in [1.165, 1.54) is 39.4 Å². The van der Waals surface area contributed by atoms with Gasteiger partial charge in [-0.25, -0.2) is 9.71 Å². The molecule has 210 valence electrons. The highest BCUT2D eigenvalue weighted by atomic mass is 35.5. The summed E-state index contributed by atoms with van der Waals surface area (Å²) in [5, 5.41) is -0.402. The molecule has 0 aliphatic rings. The maximum Gasteiger partial charge on any atom is 0.417 e. The molecular weight excluding hydrogens is 555 g/mol. The molecule has 0 bridgehead atoms. The summed E-state index contributed by atoms with van der Waals surface area (Å²) in [6.45, 7) is 2.24. The second-order valence-electron chi connectivity index (χ2n) is 7.65. The van der Waals surface area contributed by atoms with Crippen molar-refractivity contribution in [2.24, 2.45) is 0 Å². The van der Waals surface area contributed by atoms with Crippen molar-refractivity contribution in [3.63, 3.8) is 0 Å². The van der Waals surface area contributed by atoms with Crippen molar-refractivity contribution in [1.29, 1.82) is 0 Å². The molecule has 2 N–H and O–H groups in total. The van der Waals surface area contributed by atoms with Gasteiger partial charge < -0.3 is 18.9 Å². The van der Waals surface area contributed by atoms with Crippen molar-refractivity contribution in [1.82, 2.24) is 14.4 Å². The SMILES string of the molecule is COCCCNS(=O)(=O)NC(=O)/C(C)=C/c1ccc(OCCOC)cc1Oc1ncc(C(F)(F)F)cc1Cl. The summed E-state index contributed by atoms with van der Waals surface area (Å²) in [5.41, 5.74) is -0.812. The maximum atomic E-state index is 13.0. The molecule has 1 heterocycles. The van der Waals surface area contributed by atoms with Crippen molar-refractivity contribution in [2.75, 3.05) is 40.6 Å². The monoisotopic (exact) mass is 581 g/mol. The van der Waals surface area contributed by atoms with Gasteiger partial charge in [-0.05, 0) is 37.6 Å². The van der Waals surface area contributed by atoms with Crippen molar-refractivity contribution in [3.05, 3.63) is 52.2 Å². The minimum atomic E-state index is -4.65. The minimum Gasteiger partial charge on any atom is -0.491 e. The van der Waals surface area contributed by atoms with Gasteiger partial charge in [0, 0.05) is 50.8 Å². The molecule has 38 heavy (non-hydrogen) atoms. The zero-order valence-corrected chi connectivity index (χ0v) is 22.3. The number of hydrogen-bond acceptors (Lipinski definition) is 8. The Hall–Kier alpha value is -2.91. The lowest BCUT2D eigenvalue weighted by atomic mass is 10.1. The van der Waals surface area contributed by atoms with E-state index < -0.39 is 32.9 Å². The minimum absolute atomic E-state index is 0.0170. The molecule has 0 saturated heterocycles. The van der Waals surface area contributed by atoms with Crippen LogP contribution in [0.1, 0.15) is 24.5 Å². The number of hydrogen-bond donors (Lipinski definition) is 2. The van der Waals surface area contributed by atoms with E-state index in [0.717, 1.165) is 0 Å². The molecule has 1 aromatic carbocycles. The number of amides is 1. The van der Waals surface area contributed by atoms with Crippen LogP contribution >= 0.6 is 11.6 Å². The van der Waals surface area contributed by atoms with E-state index in [0.29, 0.717) is 31.0 Å². The second-order valence-corrected chi connectivity index (χ2v) is 9.56. The highest BCUT2D eigenvalue weighted by Gasteiger charge is 2.32. The van der Waals surface area contributed by atoms with E-state index in [-0.39, 0.29) is 42.5 Å². The van der Waals surface area contributed by atoms with Crippen LogP contribution in [0.5, 0.6) is 17.4 Å². The van der Waals surface area contributed by atoms with E-state index in [9.17, 15) is 26.4 Å². The zero-order chi connectivity index (χ0) is 28.3. The lowest BCUT2D eigenvalue weighted by molar-refractivity contribution is -0.137. The lowest BCUT2D eigenvalue weighted by Crippen LogP contribution is -2.41. The maximum absolute atomic E-state index is 13.0. The molecule has 1 aromatic heterocycles. The number of alkyl halides is 3. The molecular formula is C23H27ClF3N3O7S. The second kappa shape index (κ2) is 14.3. The van der Waals surface area contributed by atoms with Crippen LogP contribution in [0.25, 0.3) is 6.08 Å². The normalized spacial score (nSPS) is 12.3. The number of rotatable bonds is 14. The molecule has 0 atom stereocenters. The van der Waals surface area contributed by atoms with Crippen LogP contribution in [0.3, 0.4) is 0 Å². The van der Waals surface area contributed by atoms with Gasteiger partial charge >= 0.3 is 16.4 Å². The third-order valence-electron chi connectivity index (χ3n) is 4.66. The first kappa shape index (κ1) is 31.3. The van der Waals surface area contributed by atoms with Crippen molar-refractivity contribution < 1.29 is 45.3 Å². The van der Waals surface area contributed by atoms with Crippen LogP contribution < -0.4 is 18.9 Å². The summed E-state index contributed by atoms with van der Waals surface area (Å²) in [4.78, 5) is 16.2. The van der Waals surface area contributed by atoms with Gasteiger partial charge in [-0.3, -0.25) is 4.79 Å². The molecule has 0 spiro atoms. The summed E-state index contributed by atoms with van der Waals surface area (Å²) in [7, 11) is -1.16. The smallest absolute Gasteiger partial charge is 0.417 e. The van der Waals surface area contributed by atoms with Crippen molar-refractivity contribution in [3.8, 4) is 17.4 Å². The molecule has 1 amide bonds. The lowest BCUT2D eigenvalue weighted by Gasteiger charge is -2.14. The van der Waals surface area contributed by atoms with E-state index in [4.69, 9.17) is 30.5 Å². The molecule has 0 aliphatic heterocycles. The van der Waals surface area contributed by atoms with Crippen molar-refractivity contribution in [2.45, 2.75) is 19.5 Å². The molecule has 2 aromatic rings. The molecule has 0 fully saturated rings. The van der Waals surface area contributed by atoms with Crippen LogP contribution in [-0.4, -0.2) is 59.9 Å². The van der Waals surface area contributed by atoms with Gasteiger partial charge in [0.2, 0.25) is 5.88 Å². The Bertz CT molecular complexity index is 1240. The summed E-state index contributed by atoms with van der Waals surface area (Å²) in [5.74, 6) is -0.890. The average molecular weight is 582 g/mol. The molecule has 0 saturated carbocycles. The first-order valence-corrected chi connectivity index (χ1v) is 12.9. The van der Waals surface area contributed by atoms with E-state index in [1.54, 1.807) is 6.07 Å². The fourth-order valence-corrected chi connectivity index (χ4v) is 3.87. The Morgan fingerprint density at radius 3 is 2.47 bits per heavy atom. The van der Waals surface area contributed by atoms with Gasteiger partial charge in [-0.2, -0.15) is 26.3 Å². The van der Waals surface area contributed by atoms with Gasteiger partial charge in [-0.1, -0.05) is 11.6 Å². The Morgan fingerprint density at radius 2 is 1.84 bits per heavy atom. The summed E-state index contributed by atoms with van der Waals surface area (Å²) < 4.78 is 88.2. The number of nitrogens with zero attached hydrogens (tertiary/aromatic N) is 1. The van der Waals surface area contributed by atoms with Crippen LogP contribution in [-0.2, 0) is 30.7 Å². The molecule has 2 rings (SSSR count). The van der Waals surface area contributed by atoms with E-state index in [1.807, 2.05) is 4.72 Å². The number of aromatic nitrogens is 1. The quantitative estimate of drug-likeness (QED) is 0.254. The van der Waals surface area contributed by atoms with Gasteiger partial charge in [0.25, 0.3) is 5.91 Å². The Morgan fingerprint density at radius 1 is 1.13 bits per heavy atom. The fraction of sp³-hybridized carbons (Fsp3) is 0.391. The van der Waals surface area contributed by atoms with Gasteiger partial charge in [0.1, 0.15) is 23.1 Å². The number of carbonyl (C=O) groups is 1. The number of carbonyl (C=O) groups excluding carboxylic acids is 1. The fourth-order valence-electron chi connectivity index (χ4n) is 2.78. The Kier molecular flexibility index (Phi) is 11.8.